The molecule has 1 unspecified atom stereocenters. The number of pyridine rings is 1. The van der Waals surface area contributed by atoms with Gasteiger partial charge in [0.05, 0.1) is 27.0 Å². The molecule has 1 saturated heterocycles. The number of amides is 1. The van der Waals surface area contributed by atoms with Crippen molar-refractivity contribution in [1.29, 1.82) is 0 Å². The van der Waals surface area contributed by atoms with Crippen molar-refractivity contribution in [3.8, 4) is 0 Å². The van der Waals surface area contributed by atoms with Crippen molar-refractivity contribution < 1.29 is 4.79 Å². The fraction of sp³-hybridized carbons (Fsp3) is 0.368. The lowest BCUT2D eigenvalue weighted by Gasteiger charge is -2.17. The third kappa shape index (κ3) is 3.57. The first kappa shape index (κ1) is 17.7. The van der Waals surface area contributed by atoms with Crippen LogP contribution in [0.25, 0.3) is 10.2 Å². The van der Waals surface area contributed by atoms with Crippen LogP contribution >= 0.6 is 11.3 Å². The third-order valence-electron chi connectivity index (χ3n) is 4.78. The van der Waals surface area contributed by atoms with Gasteiger partial charge in [-0.05, 0) is 37.5 Å². The zero-order chi connectivity index (χ0) is 19.0. The summed E-state index contributed by atoms with van der Waals surface area (Å²) in [5.41, 5.74) is 7.97. The van der Waals surface area contributed by atoms with E-state index in [0.29, 0.717) is 28.1 Å². The van der Waals surface area contributed by atoms with Crippen molar-refractivity contribution in [2.45, 2.75) is 26.3 Å². The summed E-state index contributed by atoms with van der Waals surface area (Å²) in [6.45, 7) is 5.67. The van der Waals surface area contributed by atoms with Crippen LogP contribution < -0.4 is 11.1 Å². The Labute approximate surface area is 161 Å². The molecule has 3 aromatic heterocycles. The van der Waals surface area contributed by atoms with E-state index >= 15 is 0 Å². The molecule has 27 heavy (non-hydrogen) atoms. The molecule has 1 fully saturated rings. The van der Waals surface area contributed by atoms with E-state index in [4.69, 9.17) is 5.73 Å². The molecule has 1 aliphatic rings. The first-order valence-electron chi connectivity index (χ1n) is 9.05. The van der Waals surface area contributed by atoms with E-state index < -0.39 is 0 Å². The molecule has 0 bridgehead atoms. The van der Waals surface area contributed by atoms with Gasteiger partial charge in [0, 0.05) is 19.3 Å². The van der Waals surface area contributed by atoms with Crippen molar-refractivity contribution in [3.05, 3.63) is 41.9 Å². The first-order valence-corrected chi connectivity index (χ1v) is 9.86. The zero-order valence-corrected chi connectivity index (χ0v) is 16.2. The Balaban J connectivity index is 1.69. The van der Waals surface area contributed by atoms with Crippen molar-refractivity contribution in [1.82, 2.24) is 19.9 Å². The van der Waals surface area contributed by atoms with E-state index in [-0.39, 0.29) is 11.9 Å². The lowest BCUT2D eigenvalue weighted by molar-refractivity contribution is 0.0784. The Morgan fingerprint density at radius 3 is 2.96 bits per heavy atom. The number of carbonyl (C=O) groups is 1. The first-order chi connectivity index (χ1) is 13.0. The Kier molecular flexibility index (Phi) is 4.65. The minimum atomic E-state index is -0.0885. The molecule has 1 amide bonds. The van der Waals surface area contributed by atoms with Gasteiger partial charge in [0.1, 0.15) is 0 Å². The highest BCUT2D eigenvalue weighted by Gasteiger charge is 2.28. The molecule has 7 nitrogen and oxygen atoms in total. The number of fused-ring (bicyclic) bond motifs is 1. The molecule has 3 N–H and O–H groups in total. The fourth-order valence-electron chi connectivity index (χ4n) is 3.33. The largest absolute Gasteiger partial charge is 0.391 e. The van der Waals surface area contributed by atoms with Gasteiger partial charge >= 0.3 is 0 Å². The second-order valence-electron chi connectivity index (χ2n) is 7.02. The summed E-state index contributed by atoms with van der Waals surface area (Å²) in [5, 5.41) is 3.89. The number of thiophene rings is 1. The van der Waals surface area contributed by atoms with E-state index in [2.05, 4.69) is 27.2 Å². The van der Waals surface area contributed by atoms with Crippen LogP contribution in [-0.2, 0) is 0 Å². The number of rotatable bonds is 4. The average Bonchev–Trinajstić information content (AvgIpc) is 3.26. The van der Waals surface area contributed by atoms with Crippen LogP contribution in [0.4, 0.5) is 10.9 Å². The van der Waals surface area contributed by atoms with Gasteiger partial charge in [0.15, 0.2) is 5.69 Å². The second kappa shape index (κ2) is 7.11. The highest BCUT2D eigenvalue weighted by molar-refractivity contribution is 7.22. The van der Waals surface area contributed by atoms with Crippen molar-refractivity contribution >= 4 is 38.4 Å². The number of nitrogen functional groups attached to an aromatic ring is 1. The van der Waals surface area contributed by atoms with Crippen LogP contribution in [-0.4, -0.2) is 38.8 Å². The molecule has 4 rings (SSSR count). The second-order valence-corrected chi connectivity index (χ2v) is 8.11. The zero-order valence-electron chi connectivity index (χ0n) is 15.3. The van der Waals surface area contributed by atoms with Crippen LogP contribution in [0.2, 0.25) is 0 Å². The van der Waals surface area contributed by atoms with Crippen LogP contribution in [0.5, 0.6) is 0 Å². The Morgan fingerprint density at radius 1 is 1.41 bits per heavy atom. The molecular weight excluding hydrogens is 360 g/mol. The summed E-state index contributed by atoms with van der Waals surface area (Å²) in [6, 6.07) is 7.46. The maximum absolute atomic E-state index is 13.1. The van der Waals surface area contributed by atoms with E-state index in [1.54, 1.807) is 12.3 Å². The molecule has 3 aromatic rings. The number of hydrogen-bond donors (Lipinski definition) is 2. The van der Waals surface area contributed by atoms with E-state index in [0.717, 1.165) is 29.9 Å². The Bertz CT molecular complexity index is 973. The molecule has 1 aliphatic heterocycles. The normalized spacial score (nSPS) is 18.0. The standard InChI is InChI=1S/C19H22N6OS/c1-11-6-8-25(10-11)18(26)16-17-14(9-15(20)27-17)23-19(24-16)22-12(2)13-5-3-4-7-21-13/h3-5,7,9,11-12H,6,8,10,20H2,1-2H3,(H,22,23,24)/t11-,12?/m1/s1. The number of hydrogen-bond acceptors (Lipinski definition) is 7. The molecular formula is C19H22N6OS. The summed E-state index contributed by atoms with van der Waals surface area (Å²) in [4.78, 5) is 28.4. The van der Waals surface area contributed by atoms with Crippen molar-refractivity contribution in [3.63, 3.8) is 0 Å². The topological polar surface area (TPSA) is 97.0 Å². The molecule has 140 valence electrons. The van der Waals surface area contributed by atoms with Gasteiger partial charge in [0.25, 0.3) is 5.91 Å². The molecule has 0 aliphatic carbocycles. The number of carbonyl (C=O) groups excluding carboxylic acids is 1. The van der Waals surface area contributed by atoms with Crippen molar-refractivity contribution in [2.75, 3.05) is 24.1 Å². The molecule has 2 atom stereocenters. The Hall–Kier alpha value is -2.74. The number of nitrogens with zero attached hydrogens (tertiary/aromatic N) is 4. The predicted octanol–water partition coefficient (Wildman–Crippen LogP) is 3.32. The summed E-state index contributed by atoms with van der Waals surface area (Å²) < 4.78 is 0.744. The monoisotopic (exact) mass is 382 g/mol. The van der Waals surface area contributed by atoms with Gasteiger partial charge in [-0.3, -0.25) is 9.78 Å². The van der Waals surface area contributed by atoms with Crippen LogP contribution in [0, 0.1) is 5.92 Å². The molecule has 0 aromatic carbocycles. The lowest BCUT2D eigenvalue weighted by Crippen LogP contribution is -2.29. The van der Waals surface area contributed by atoms with E-state index in [9.17, 15) is 4.79 Å². The molecule has 4 heterocycles. The SMILES string of the molecule is CC(Nc1nc(C(=O)N2CC[C@@H](C)C2)c2sc(N)cc2n1)c1ccccn1. The number of aromatic nitrogens is 3. The van der Waals surface area contributed by atoms with Crippen LogP contribution in [0.1, 0.15) is 42.5 Å². The molecule has 0 radical (unpaired) electrons. The van der Waals surface area contributed by atoms with Crippen LogP contribution in [0.15, 0.2) is 30.5 Å². The fourth-order valence-corrected chi connectivity index (χ4v) is 4.17. The maximum atomic E-state index is 13.1. The third-order valence-corrected chi connectivity index (χ3v) is 5.74. The maximum Gasteiger partial charge on any atom is 0.274 e. The van der Waals surface area contributed by atoms with Gasteiger partial charge < -0.3 is 16.0 Å². The van der Waals surface area contributed by atoms with Crippen molar-refractivity contribution in [2.24, 2.45) is 5.92 Å². The molecule has 0 spiro atoms. The highest BCUT2D eigenvalue weighted by Crippen LogP contribution is 2.31. The van der Waals surface area contributed by atoms with Gasteiger partial charge in [-0.2, -0.15) is 0 Å². The van der Waals surface area contributed by atoms with Gasteiger partial charge in [0.2, 0.25) is 5.95 Å². The highest BCUT2D eigenvalue weighted by atomic mass is 32.1. The average molecular weight is 382 g/mol. The van der Waals surface area contributed by atoms with Gasteiger partial charge in [-0.25, -0.2) is 9.97 Å². The summed E-state index contributed by atoms with van der Waals surface area (Å²) in [5.74, 6) is 0.873. The number of likely N-dealkylation sites (tertiary alicyclic amines) is 1. The summed E-state index contributed by atoms with van der Waals surface area (Å²) >= 11 is 1.36. The summed E-state index contributed by atoms with van der Waals surface area (Å²) in [6.07, 6.45) is 2.77. The minimum absolute atomic E-state index is 0.0536. The van der Waals surface area contributed by atoms with Gasteiger partial charge in [-0.1, -0.05) is 13.0 Å². The van der Waals surface area contributed by atoms with Gasteiger partial charge in [-0.15, -0.1) is 11.3 Å². The molecule has 8 heteroatoms. The number of nitrogens with two attached hydrogens (primary N) is 1. The Morgan fingerprint density at radius 2 is 2.26 bits per heavy atom. The van der Waals surface area contributed by atoms with E-state index in [1.165, 1.54) is 11.3 Å². The number of nitrogens with one attached hydrogen (secondary N) is 1. The smallest absolute Gasteiger partial charge is 0.274 e. The minimum Gasteiger partial charge on any atom is -0.391 e. The molecule has 0 saturated carbocycles. The predicted molar refractivity (Wildman–Crippen MR) is 108 cm³/mol. The number of anilines is 2. The quantitative estimate of drug-likeness (QED) is 0.718. The van der Waals surface area contributed by atoms with Crippen LogP contribution in [0.3, 0.4) is 0 Å². The van der Waals surface area contributed by atoms with E-state index in [1.807, 2.05) is 30.0 Å². The summed E-state index contributed by atoms with van der Waals surface area (Å²) in [7, 11) is 0. The lowest BCUT2D eigenvalue weighted by atomic mass is 10.2.